The van der Waals surface area contributed by atoms with Crippen molar-refractivity contribution in [1.82, 2.24) is 34.9 Å². The van der Waals surface area contributed by atoms with Crippen molar-refractivity contribution in [2.75, 3.05) is 67.5 Å². The third kappa shape index (κ3) is 13.3. The fraction of sp³-hybridized carbons (Fsp3) is 0.237. The molecular formula is C59H63N11O4S. The molecule has 4 aromatic carbocycles. The highest BCUT2D eigenvalue weighted by molar-refractivity contribution is 7.12. The first-order chi connectivity index (χ1) is 36.5. The van der Waals surface area contributed by atoms with Crippen LogP contribution < -0.4 is 26.2 Å². The van der Waals surface area contributed by atoms with Crippen molar-refractivity contribution in [3.05, 3.63) is 208 Å². The number of aryl methyl sites for hydroxylation is 2. The predicted octanol–water partition coefficient (Wildman–Crippen LogP) is 8.70. The number of hydrogen-bond acceptors (Lipinski definition) is 11. The molecule has 2 fully saturated rings. The Morgan fingerprint density at radius 3 is 1.80 bits per heavy atom. The second-order valence-electron chi connectivity index (χ2n) is 18.0. The summed E-state index contributed by atoms with van der Waals surface area (Å²) in [7, 11) is 0. The third-order valence-electron chi connectivity index (χ3n) is 13.1. The molecule has 16 heteroatoms. The summed E-state index contributed by atoms with van der Waals surface area (Å²) in [5.74, 6) is -0.172. The fourth-order valence-electron chi connectivity index (χ4n) is 9.23. The molecule has 3 aromatic heterocycles. The fourth-order valence-corrected chi connectivity index (χ4v) is 10.2. The number of allylic oxidation sites excluding steroid dienone is 4. The summed E-state index contributed by atoms with van der Waals surface area (Å²) >= 11 is 1.58. The van der Waals surface area contributed by atoms with Crippen LogP contribution in [0.25, 0.3) is 16.9 Å². The largest absolute Gasteiger partial charge is 0.405 e. The first-order valence-electron chi connectivity index (χ1n) is 25.1. The van der Waals surface area contributed by atoms with Gasteiger partial charge in [0.2, 0.25) is 11.8 Å². The van der Waals surface area contributed by atoms with E-state index in [0.717, 1.165) is 55.2 Å². The second-order valence-corrected chi connectivity index (χ2v) is 19.3. The number of benzene rings is 4. The topological polar surface area (TPSA) is 175 Å². The number of amides is 4. The van der Waals surface area contributed by atoms with Gasteiger partial charge in [0.25, 0.3) is 11.8 Å². The lowest BCUT2D eigenvalue weighted by Gasteiger charge is -2.37. The van der Waals surface area contributed by atoms with Crippen LogP contribution in [0.5, 0.6) is 0 Å². The van der Waals surface area contributed by atoms with E-state index in [1.165, 1.54) is 6.20 Å². The van der Waals surface area contributed by atoms with E-state index in [0.29, 0.717) is 87.7 Å². The highest BCUT2D eigenvalue weighted by atomic mass is 32.1. The summed E-state index contributed by atoms with van der Waals surface area (Å²) in [6, 6.07) is 38.7. The first-order valence-corrected chi connectivity index (χ1v) is 25.9. The monoisotopic (exact) mass is 1020 g/mol. The lowest BCUT2D eigenvalue weighted by molar-refractivity contribution is -0.131. The molecule has 0 radical (unpaired) electrons. The number of carbonyl (C=O) groups excluding carboxylic acids is 4. The molecule has 0 bridgehead atoms. The molecule has 9 rings (SSSR count). The van der Waals surface area contributed by atoms with Crippen LogP contribution in [0.1, 0.15) is 54.5 Å². The maximum absolute atomic E-state index is 13.2. The number of nitrogens with one attached hydrogen (secondary N) is 2. The van der Waals surface area contributed by atoms with Crippen molar-refractivity contribution >= 4 is 52.0 Å². The quantitative estimate of drug-likeness (QED) is 0.0895. The molecule has 2 aliphatic rings. The van der Waals surface area contributed by atoms with E-state index in [4.69, 9.17) is 5.73 Å². The smallest absolute Gasteiger partial charge is 0.257 e. The van der Waals surface area contributed by atoms with Crippen LogP contribution in [0, 0.1) is 20.8 Å². The molecule has 0 saturated carbocycles. The number of thiazole rings is 1. The number of anilines is 3. The molecule has 7 aromatic rings. The molecule has 384 valence electrons. The van der Waals surface area contributed by atoms with Crippen LogP contribution >= 0.6 is 11.3 Å². The zero-order chi connectivity index (χ0) is 52.7. The van der Waals surface area contributed by atoms with Gasteiger partial charge in [-0.1, -0.05) is 84.9 Å². The summed E-state index contributed by atoms with van der Waals surface area (Å²) in [6.07, 6.45) is 12.5. The summed E-state index contributed by atoms with van der Waals surface area (Å²) in [5, 5.41) is 11.5. The maximum Gasteiger partial charge on any atom is 0.257 e. The molecule has 2 saturated heterocycles. The molecule has 4 N–H and O–H groups in total. The minimum Gasteiger partial charge on any atom is -0.405 e. The molecule has 0 spiro atoms. The van der Waals surface area contributed by atoms with E-state index < -0.39 is 0 Å². The average Bonchev–Trinajstić information content (AvgIpc) is 3.96. The van der Waals surface area contributed by atoms with Gasteiger partial charge in [-0.25, -0.2) is 9.67 Å². The first kappa shape index (κ1) is 52.7. The molecule has 0 atom stereocenters. The Bertz CT molecular complexity index is 3170. The van der Waals surface area contributed by atoms with Gasteiger partial charge >= 0.3 is 0 Å². The van der Waals surface area contributed by atoms with Gasteiger partial charge < -0.3 is 36.0 Å². The Labute approximate surface area is 442 Å². The van der Waals surface area contributed by atoms with E-state index in [9.17, 15) is 19.2 Å². The molecule has 75 heavy (non-hydrogen) atoms. The molecule has 5 heterocycles. The van der Waals surface area contributed by atoms with E-state index in [1.807, 2.05) is 164 Å². The molecule has 4 amide bonds. The number of hydrogen-bond donors (Lipinski definition) is 3. The van der Waals surface area contributed by atoms with Crippen LogP contribution in [-0.4, -0.2) is 106 Å². The Morgan fingerprint density at radius 2 is 1.21 bits per heavy atom. The van der Waals surface area contributed by atoms with Crippen LogP contribution in [0.2, 0.25) is 0 Å². The highest BCUT2D eigenvalue weighted by Crippen LogP contribution is 2.30. The minimum absolute atomic E-state index is 0.0992. The van der Waals surface area contributed by atoms with Gasteiger partial charge in [-0.3, -0.25) is 24.2 Å². The zero-order valence-corrected chi connectivity index (χ0v) is 43.7. The Morgan fingerprint density at radius 1 is 0.667 bits per heavy atom. The van der Waals surface area contributed by atoms with Crippen LogP contribution in [0.4, 0.5) is 17.1 Å². The van der Waals surface area contributed by atoms with E-state index in [2.05, 4.69) is 35.5 Å². The Balaban J connectivity index is 0.000000199. The van der Waals surface area contributed by atoms with Crippen molar-refractivity contribution in [3.8, 4) is 16.9 Å². The third-order valence-corrected chi connectivity index (χ3v) is 14.1. The summed E-state index contributed by atoms with van der Waals surface area (Å²) in [4.78, 5) is 70.4. The van der Waals surface area contributed by atoms with Crippen molar-refractivity contribution < 1.29 is 19.2 Å². The van der Waals surface area contributed by atoms with E-state index >= 15 is 0 Å². The van der Waals surface area contributed by atoms with E-state index in [1.54, 1.807) is 48.0 Å². The van der Waals surface area contributed by atoms with Gasteiger partial charge in [-0.05, 0) is 94.6 Å². The van der Waals surface area contributed by atoms with Crippen LogP contribution in [0.15, 0.2) is 170 Å². The number of aromatic nitrogens is 4. The van der Waals surface area contributed by atoms with Crippen molar-refractivity contribution in [1.29, 1.82) is 0 Å². The van der Waals surface area contributed by atoms with Gasteiger partial charge in [0, 0.05) is 109 Å². The Kier molecular flexibility index (Phi) is 17.8. The summed E-state index contributed by atoms with van der Waals surface area (Å²) in [6.45, 7) is 12.9. The predicted molar refractivity (Wildman–Crippen MR) is 299 cm³/mol. The number of para-hydroxylation sites is 3. The molecule has 0 unspecified atom stereocenters. The lowest BCUT2D eigenvalue weighted by Crippen LogP contribution is -2.49. The number of rotatable bonds is 14. The number of nitrogens with zero attached hydrogens (tertiary/aromatic N) is 8. The standard InChI is InChI=1S/C30H33N5O2S.C29H30N6O2/c1-3-4-12-24(15-16-31)33-30(37)25-13-8-9-14-26(25)34-17-19-35(20-18-34)28(36)21-27-29(32-22(2)38-27)23-10-6-5-7-11-23;1-21-26(22(2)35(32-21)24-8-4-3-5-9-24)20-28(36)34-18-16-33(17-19-34)27-11-7-6-10-25(27)29(37)31-23-12-14-30-15-13-23/h3-16H,17-21,31H2,1-2H3,(H,33,37);3-15H,16-20H2,1-2H3,(H,30,31,37)/b4-3-,16-15-,24-12+;. The van der Waals surface area contributed by atoms with E-state index in [-0.39, 0.29) is 23.6 Å². The van der Waals surface area contributed by atoms with Gasteiger partial charge in [0.1, 0.15) is 0 Å². The van der Waals surface area contributed by atoms with Crippen molar-refractivity contribution in [3.63, 3.8) is 0 Å². The average molecular weight is 1020 g/mol. The zero-order valence-electron chi connectivity index (χ0n) is 42.9. The lowest BCUT2D eigenvalue weighted by atomic mass is 10.1. The van der Waals surface area contributed by atoms with Crippen molar-refractivity contribution in [2.45, 2.75) is 40.5 Å². The second kappa shape index (κ2) is 25.3. The van der Waals surface area contributed by atoms with Gasteiger partial charge in [-0.2, -0.15) is 5.10 Å². The Hall–Kier alpha value is -8.63. The molecule has 15 nitrogen and oxygen atoms in total. The summed E-state index contributed by atoms with van der Waals surface area (Å²) < 4.78 is 1.91. The molecule has 0 aliphatic carbocycles. The van der Waals surface area contributed by atoms with Gasteiger partial charge in [0.05, 0.1) is 46.1 Å². The summed E-state index contributed by atoms with van der Waals surface area (Å²) in [5.41, 5.74) is 15.5. The highest BCUT2D eigenvalue weighted by Gasteiger charge is 2.28. The number of carbonyl (C=O) groups is 4. The molecule has 2 aliphatic heterocycles. The van der Waals surface area contributed by atoms with Gasteiger partial charge in [-0.15, -0.1) is 11.3 Å². The maximum atomic E-state index is 13.2. The molecular weight excluding hydrogens is 959 g/mol. The number of piperazine rings is 2. The SMILES string of the molecule is C\C=C/C=C(\C=C/N)NC(=O)c1ccccc1N1CCN(C(=O)Cc2sc(C)nc2-c2ccccc2)CC1.Cc1nn(-c2ccccc2)c(C)c1CC(=O)N1CCN(c2ccccc2C(=O)Nc2ccncc2)CC1. The number of pyridine rings is 1. The van der Waals surface area contributed by atoms with Gasteiger partial charge in [0.15, 0.2) is 0 Å². The van der Waals surface area contributed by atoms with Crippen LogP contribution in [0.3, 0.4) is 0 Å². The van der Waals surface area contributed by atoms with Crippen molar-refractivity contribution in [2.24, 2.45) is 5.73 Å². The number of nitrogens with two attached hydrogens (primary N) is 1. The van der Waals surface area contributed by atoms with Crippen LogP contribution in [-0.2, 0) is 22.4 Å². The minimum atomic E-state index is -0.207. The normalized spacial score (nSPS) is 13.9.